The summed E-state index contributed by atoms with van der Waals surface area (Å²) >= 11 is 3.41. The molecule has 1 aromatic heterocycles. The molecule has 114 valence electrons. The minimum absolute atomic E-state index is 0.215. The molecule has 0 fully saturated rings. The van der Waals surface area contributed by atoms with E-state index in [0.717, 1.165) is 15.6 Å². The van der Waals surface area contributed by atoms with Crippen molar-refractivity contribution >= 4 is 28.1 Å². The maximum atomic E-state index is 12.2. The highest BCUT2D eigenvalue weighted by Crippen LogP contribution is 2.15. The van der Waals surface area contributed by atoms with Gasteiger partial charge in [0, 0.05) is 4.47 Å². The predicted molar refractivity (Wildman–Crippen MR) is 94.7 cm³/mol. The lowest BCUT2D eigenvalue weighted by molar-refractivity contribution is 1.00. The first-order valence-electron chi connectivity index (χ1n) is 6.99. The van der Waals surface area contributed by atoms with E-state index >= 15 is 0 Å². The van der Waals surface area contributed by atoms with Gasteiger partial charge >= 0.3 is 0 Å². The van der Waals surface area contributed by atoms with Gasteiger partial charge < -0.3 is 9.97 Å². The number of halogens is 1. The molecule has 3 aromatic rings. The Morgan fingerprint density at radius 1 is 0.739 bits per heavy atom. The number of benzene rings is 2. The van der Waals surface area contributed by atoms with Gasteiger partial charge in [-0.3, -0.25) is 9.59 Å². The molecule has 23 heavy (non-hydrogen) atoms. The van der Waals surface area contributed by atoms with Crippen LogP contribution >= 0.6 is 15.9 Å². The van der Waals surface area contributed by atoms with E-state index in [1.807, 2.05) is 54.6 Å². The quantitative estimate of drug-likeness (QED) is 0.719. The van der Waals surface area contributed by atoms with Crippen molar-refractivity contribution in [3.63, 3.8) is 0 Å². The maximum absolute atomic E-state index is 12.2. The molecule has 0 atom stereocenters. The van der Waals surface area contributed by atoms with E-state index in [0.29, 0.717) is 0 Å². The lowest BCUT2D eigenvalue weighted by Gasteiger charge is -1.97. The molecule has 0 aliphatic rings. The summed E-state index contributed by atoms with van der Waals surface area (Å²) in [6.45, 7) is 0. The van der Waals surface area contributed by atoms with Crippen LogP contribution in [0.1, 0.15) is 11.1 Å². The Bertz CT molecular complexity index is 1070. The zero-order chi connectivity index (χ0) is 16.2. The van der Waals surface area contributed by atoms with Crippen LogP contribution in [0.3, 0.4) is 0 Å². The van der Waals surface area contributed by atoms with Crippen LogP contribution in [0.15, 0.2) is 68.7 Å². The second kappa shape index (κ2) is 6.62. The first-order chi connectivity index (χ1) is 11.1. The highest BCUT2D eigenvalue weighted by atomic mass is 79.9. The van der Waals surface area contributed by atoms with Crippen LogP contribution in [0.5, 0.6) is 0 Å². The van der Waals surface area contributed by atoms with E-state index in [1.54, 1.807) is 12.2 Å². The number of nitrogens with one attached hydrogen (secondary N) is 2. The Balaban J connectivity index is 2.16. The van der Waals surface area contributed by atoms with E-state index in [-0.39, 0.29) is 21.8 Å². The van der Waals surface area contributed by atoms with E-state index in [2.05, 4.69) is 25.9 Å². The van der Waals surface area contributed by atoms with Crippen LogP contribution in [0, 0.1) is 0 Å². The smallest absolute Gasteiger partial charge is 0.272 e. The van der Waals surface area contributed by atoms with Gasteiger partial charge in [-0.25, -0.2) is 0 Å². The van der Waals surface area contributed by atoms with E-state index in [9.17, 15) is 9.59 Å². The summed E-state index contributed by atoms with van der Waals surface area (Å²) in [6.07, 6.45) is 3.28. The van der Waals surface area contributed by atoms with Crippen molar-refractivity contribution < 1.29 is 0 Å². The zero-order valence-electron chi connectivity index (χ0n) is 12.0. The molecule has 0 unspecified atom stereocenters. The molecule has 0 aliphatic carbocycles. The van der Waals surface area contributed by atoms with E-state index < -0.39 is 0 Å². The van der Waals surface area contributed by atoms with E-state index in [4.69, 9.17) is 0 Å². The second-order valence-corrected chi connectivity index (χ2v) is 5.81. The number of hydrogen-bond donors (Lipinski definition) is 2. The minimum atomic E-state index is -0.345. The van der Waals surface area contributed by atoms with Crippen LogP contribution in [0.4, 0.5) is 0 Å². The summed E-state index contributed by atoms with van der Waals surface area (Å²) in [5.74, 6) is 0. The van der Waals surface area contributed by atoms with Crippen molar-refractivity contribution in [1.82, 2.24) is 9.97 Å². The molecular weight excluding hydrogens is 356 g/mol. The average molecular weight is 369 g/mol. The van der Waals surface area contributed by atoms with Crippen LogP contribution in [0.25, 0.3) is 12.2 Å². The number of hydrogen-bond acceptors (Lipinski definition) is 2. The Morgan fingerprint density at radius 2 is 1.30 bits per heavy atom. The number of aromatic amines is 2. The second-order valence-electron chi connectivity index (χ2n) is 4.96. The Hall–Kier alpha value is -2.66. The number of aromatic nitrogens is 2. The van der Waals surface area contributed by atoms with Crippen molar-refractivity contribution in [2.24, 2.45) is 0 Å². The highest BCUT2D eigenvalue weighted by molar-refractivity contribution is 9.10. The number of H-pyrrole nitrogens is 2. The summed E-state index contributed by atoms with van der Waals surface area (Å²) in [5, 5.41) is 0.442. The molecular formula is C18H13BrN2O2. The normalized spacial score (nSPS) is 12.6. The summed E-state index contributed by atoms with van der Waals surface area (Å²) in [4.78, 5) is 29.7. The molecule has 0 spiro atoms. The molecule has 0 radical (unpaired) electrons. The molecule has 2 aromatic carbocycles. The molecule has 4 nitrogen and oxygen atoms in total. The van der Waals surface area contributed by atoms with Crippen LogP contribution in [-0.4, -0.2) is 9.97 Å². The fraction of sp³-hybridized carbons (Fsp3) is 0. The fourth-order valence-corrected chi connectivity index (χ4v) is 2.56. The largest absolute Gasteiger partial charge is 0.316 e. The van der Waals surface area contributed by atoms with Crippen LogP contribution in [-0.2, 0) is 0 Å². The molecule has 0 bridgehead atoms. The van der Waals surface area contributed by atoms with Gasteiger partial charge in [-0.1, -0.05) is 64.5 Å². The lowest BCUT2D eigenvalue weighted by atomic mass is 10.2. The zero-order valence-corrected chi connectivity index (χ0v) is 13.6. The van der Waals surface area contributed by atoms with Gasteiger partial charge in [-0.15, -0.1) is 0 Å². The summed E-state index contributed by atoms with van der Waals surface area (Å²) in [5.41, 5.74) is 0.971. The molecule has 0 saturated heterocycles. The Morgan fingerprint density at radius 3 is 1.96 bits per heavy atom. The third-order valence-corrected chi connectivity index (χ3v) is 4.02. The first kappa shape index (κ1) is 15.2. The molecule has 0 aliphatic heterocycles. The summed E-state index contributed by atoms with van der Waals surface area (Å²) in [6, 6.07) is 16.8. The van der Waals surface area contributed by atoms with Crippen molar-refractivity contribution in [2.75, 3.05) is 0 Å². The topological polar surface area (TPSA) is 65.7 Å². The van der Waals surface area contributed by atoms with Gasteiger partial charge in [0.2, 0.25) is 0 Å². The third kappa shape index (κ3) is 3.57. The molecule has 0 amide bonds. The predicted octanol–water partition coefficient (Wildman–Crippen LogP) is 1.48. The summed E-state index contributed by atoms with van der Waals surface area (Å²) < 4.78 is 0.847. The SMILES string of the molecule is O=c1[nH]/c(=C\c2ccccc2Br)c(=O)[nH]/c1=C\c1ccccc1. The monoisotopic (exact) mass is 368 g/mol. The lowest BCUT2D eigenvalue weighted by Crippen LogP contribution is -2.46. The van der Waals surface area contributed by atoms with Gasteiger partial charge in [-0.2, -0.15) is 0 Å². The van der Waals surface area contributed by atoms with E-state index in [1.165, 1.54) is 0 Å². The van der Waals surface area contributed by atoms with Gasteiger partial charge in [0.15, 0.2) is 0 Å². The van der Waals surface area contributed by atoms with Crippen molar-refractivity contribution in [3.05, 3.63) is 102 Å². The third-order valence-electron chi connectivity index (χ3n) is 3.30. The standard InChI is InChI=1S/C18H13BrN2O2/c19-14-9-5-4-8-13(14)11-16-18(23)20-15(17(22)21-16)10-12-6-2-1-3-7-12/h1-11H,(H,20,23)(H,21,22)/b15-10-,16-11-. The van der Waals surface area contributed by atoms with Crippen LogP contribution in [0.2, 0.25) is 0 Å². The fourth-order valence-electron chi connectivity index (χ4n) is 2.16. The minimum Gasteiger partial charge on any atom is -0.316 e. The van der Waals surface area contributed by atoms with Gasteiger partial charge in [-0.05, 0) is 29.3 Å². The van der Waals surface area contributed by atoms with Gasteiger partial charge in [0.1, 0.15) is 10.7 Å². The number of rotatable bonds is 2. The average Bonchev–Trinajstić information content (AvgIpc) is 2.55. The van der Waals surface area contributed by atoms with Crippen molar-refractivity contribution in [3.8, 4) is 0 Å². The van der Waals surface area contributed by atoms with Gasteiger partial charge in [0.05, 0.1) is 0 Å². The Kier molecular flexibility index (Phi) is 4.39. The van der Waals surface area contributed by atoms with Crippen LogP contribution < -0.4 is 21.8 Å². The summed E-state index contributed by atoms with van der Waals surface area (Å²) in [7, 11) is 0. The molecule has 2 N–H and O–H groups in total. The highest BCUT2D eigenvalue weighted by Gasteiger charge is 1.98. The molecule has 3 rings (SSSR count). The molecule has 0 saturated carbocycles. The molecule has 1 heterocycles. The van der Waals surface area contributed by atoms with Crippen molar-refractivity contribution in [1.29, 1.82) is 0 Å². The maximum Gasteiger partial charge on any atom is 0.272 e. The Labute approximate surface area is 140 Å². The van der Waals surface area contributed by atoms with Gasteiger partial charge in [0.25, 0.3) is 11.1 Å². The van der Waals surface area contributed by atoms with Crippen molar-refractivity contribution in [2.45, 2.75) is 0 Å². The first-order valence-corrected chi connectivity index (χ1v) is 7.78. The molecule has 5 heteroatoms.